The Morgan fingerprint density at radius 1 is 0.348 bits per heavy atom. The molecule has 0 aliphatic carbocycles. The average Bonchev–Trinajstić information content (AvgIpc) is 3.32. The molecule has 0 bridgehead atoms. The van der Waals surface area contributed by atoms with Crippen LogP contribution in [0.1, 0.15) is 350 Å². The Hall–Kier alpha value is -2.17. The van der Waals surface area contributed by atoms with Gasteiger partial charge in [-0.05, 0) is 37.5 Å². The molecule has 0 fully saturated rings. The molecule has 0 unspecified atom stereocenters. The molecule has 1 aromatic carbocycles. The van der Waals surface area contributed by atoms with E-state index < -0.39 is 5.97 Å². The number of Topliss-reactive ketones (excluding diaryl/α,β-unsaturated/α-hetero) is 1. The van der Waals surface area contributed by atoms with Gasteiger partial charge in [-0.15, -0.1) is 0 Å². The number of esters is 2. The Kier molecular flexibility index (Phi) is 46.2. The number of benzene rings is 1. The van der Waals surface area contributed by atoms with E-state index in [1.807, 2.05) is 0 Å². The quantitative estimate of drug-likeness (QED) is 0.0282. The van der Waals surface area contributed by atoms with Crippen LogP contribution in [0.2, 0.25) is 0 Å². The zero-order valence-corrected chi connectivity index (χ0v) is 44.4. The predicted molar refractivity (Wildman–Crippen MR) is 285 cm³/mol. The van der Waals surface area contributed by atoms with E-state index in [1.165, 1.54) is 238 Å². The molecule has 66 heavy (non-hydrogen) atoms. The molecule has 1 aromatic rings. The van der Waals surface area contributed by atoms with Crippen molar-refractivity contribution in [1.82, 2.24) is 0 Å². The highest BCUT2D eigenvalue weighted by Gasteiger charge is 2.20. The Morgan fingerprint density at radius 3 is 0.970 bits per heavy atom. The molecule has 0 amide bonds. The van der Waals surface area contributed by atoms with Crippen LogP contribution in [0.4, 0.5) is 0 Å². The van der Waals surface area contributed by atoms with Gasteiger partial charge in [0.05, 0.1) is 6.61 Å². The second-order valence-corrected chi connectivity index (χ2v) is 20.4. The molecular formula is C61H110O5. The minimum absolute atomic E-state index is 0.0345. The maximum absolute atomic E-state index is 13.5. The lowest BCUT2D eigenvalue weighted by atomic mass is 10.0. The summed E-state index contributed by atoms with van der Waals surface area (Å²) in [6.45, 7) is 7.17. The third kappa shape index (κ3) is 39.8. The molecule has 384 valence electrons. The monoisotopic (exact) mass is 923 g/mol. The van der Waals surface area contributed by atoms with E-state index in [0.29, 0.717) is 25.0 Å². The van der Waals surface area contributed by atoms with Crippen LogP contribution in [0.15, 0.2) is 18.2 Å². The van der Waals surface area contributed by atoms with Gasteiger partial charge in [-0.1, -0.05) is 297 Å². The highest BCUT2D eigenvalue weighted by atomic mass is 16.5. The van der Waals surface area contributed by atoms with Crippen molar-refractivity contribution in [3.05, 3.63) is 29.3 Å². The summed E-state index contributed by atoms with van der Waals surface area (Å²) in [7, 11) is 0. The molecule has 0 heterocycles. The summed E-state index contributed by atoms with van der Waals surface area (Å²) in [4.78, 5) is 39.8. The molecule has 0 spiro atoms. The fraction of sp³-hybridized carbons (Fsp3) is 0.852. The number of ether oxygens (including phenoxy) is 2. The van der Waals surface area contributed by atoms with Gasteiger partial charge < -0.3 is 9.47 Å². The van der Waals surface area contributed by atoms with Gasteiger partial charge in [0.1, 0.15) is 11.3 Å². The topological polar surface area (TPSA) is 69.7 Å². The fourth-order valence-electron chi connectivity index (χ4n) is 9.46. The van der Waals surface area contributed by atoms with E-state index in [4.69, 9.17) is 9.47 Å². The summed E-state index contributed by atoms with van der Waals surface area (Å²) in [6.07, 6.45) is 59.9. The highest BCUT2D eigenvalue weighted by Crippen LogP contribution is 2.25. The third-order valence-electron chi connectivity index (χ3n) is 14.0. The lowest BCUT2D eigenvalue weighted by Gasteiger charge is -2.12. The van der Waals surface area contributed by atoms with Crippen molar-refractivity contribution in [1.29, 1.82) is 0 Å². The van der Waals surface area contributed by atoms with Crippen molar-refractivity contribution < 1.29 is 23.9 Å². The summed E-state index contributed by atoms with van der Waals surface area (Å²) < 4.78 is 11.5. The molecular weight excluding hydrogens is 813 g/mol. The van der Waals surface area contributed by atoms with Gasteiger partial charge in [0.15, 0.2) is 5.78 Å². The van der Waals surface area contributed by atoms with Crippen molar-refractivity contribution >= 4 is 17.7 Å². The molecule has 0 saturated carbocycles. The lowest BCUT2D eigenvalue weighted by Crippen LogP contribution is -2.14. The maximum atomic E-state index is 13.5. The average molecular weight is 924 g/mol. The van der Waals surface area contributed by atoms with Gasteiger partial charge in [-0.25, -0.2) is 4.79 Å². The largest absolute Gasteiger partial charge is 0.462 e. The standard InChI is InChI=1S/C61H110O5/c1-4-7-10-13-16-19-22-25-28-31-34-37-40-43-46-49-54-65-61(64)57-55-56(58(62)50-47-44-41-38-35-32-29-26-23-20-17-14-11-8-5-2)52-53-59(57)66-60(63)51-48-45-42-39-36-33-30-27-24-21-18-15-12-9-6-3/h52-53,55H,4-51,54H2,1-3H3. The Balaban J connectivity index is 2.44. The molecule has 1 rings (SSSR count). The zero-order valence-electron chi connectivity index (χ0n) is 44.4. The molecule has 0 saturated heterocycles. The number of unbranched alkanes of at least 4 members (excludes halogenated alkanes) is 43. The molecule has 0 radical (unpaired) electrons. The number of carbonyl (C=O) groups excluding carboxylic acids is 3. The summed E-state index contributed by atoms with van der Waals surface area (Å²) in [5, 5.41) is 0. The SMILES string of the molecule is CCCCCCCCCCCCCCCCCCOC(=O)c1cc(C(=O)CCCCCCCCCCCCCCCCC)ccc1OC(=O)CCCCCCCCCCCCCCCCC. The minimum atomic E-state index is -0.507. The molecule has 0 atom stereocenters. The molecule has 5 heteroatoms. The van der Waals surface area contributed by atoms with Crippen molar-refractivity contribution in [2.75, 3.05) is 6.61 Å². The van der Waals surface area contributed by atoms with Gasteiger partial charge >= 0.3 is 11.9 Å². The van der Waals surface area contributed by atoms with Crippen LogP contribution in [-0.4, -0.2) is 24.3 Å². The molecule has 0 aliphatic heterocycles. The van der Waals surface area contributed by atoms with Crippen molar-refractivity contribution in [2.45, 2.75) is 329 Å². The smallest absolute Gasteiger partial charge is 0.341 e. The summed E-state index contributed by atoms with van der Waals surface area (Å²) in [5.74, 6) is -0.588. The Bertz CT molecular complexity index is 1220. The first-order valence-corrected chi connectivity index (χ1v) is 29.6. The summed E-state index contributed by atoms with van der Waals surface area (Å²) in [5.41, 5.74) is 0.690. The van der Waals surface area contributed by atoms with E-state index in [0.717, 1.165) is 57.8 Å². The van der Waals surface area contributed by atoms with Crippen LogP contribution in [0.5, 0.6) is 5.75 Å². The lowest BCUT2D eigenvalue weighted by molar-refractivity contribution is -0.134. The Morgan fingerprint density at radius 2 is 0.636 bits per heavy atom. The zero-order chi connectivity index (χ0) is 47.6. The van der Waals surface area contributed by atoms with Crippen LogP contribution in [0, 0.1) is 0 Å². The first kappa shape index (κ1) is 61.8. The van der Waals surface area contributed by atoms with E-state index in [-0.39, 0.29) is 23.1 Å². The van der Waals surface area contributed by atoms with Crippen molar-refractivity contribution in [3.8, 4) is 5.75 Å². The van der Waals surface area contributed by atoms with Crippen molar-refractivity contribution in [3.63, 3.8) is 0 Å². The minimum Gasteiger partial charge on any atom is -0.462 e. The van der Waals surface area contributed by atoms with Crippen LogP contribution in [-0.2, 0) is 9.53 Å². The van der Waals surface area contributed by atoms with E-state index in [2.05, 4.69) is 20.8 Å². The predicted octanol–water partition coefficient (Wildman–Crippen LogP) is 20.7. The van der Waals surface area contributed by atoms with Crippen LogP contribution in [0.25, 0.3) is 0 Å². The number of rotatable bonds is 52. The molecule has 0 aromatic heterocycles. The van der Waals surface area contributed by atoms with Gasteiger partial charge in [0.25, 0.3) is 0 Å². The Labute approximate surface area is 410 Å². The second kappa shape index (κ2) is 49.3. The highest BCUT2D eigenvalue weighted by molar-refractivity contribution is 6.00. The summed E-state index contributed by atoms with van der Waals surface area (Å²) in [6, 6.07) is 4.96. The number of hydrogen-bond donors (Lipinski definition) is 0. The van der Waals surface area contributed by atoms with Crippen LogP contribution in [0.3, 0.4) is 0 Å². The van der Waals surface area contributed by atoms with Crippen LogP contribution < -0.4 is 4.74 Å². The van der Waals surface area contributed by atoms with E-state index >= 15 is 0 Å². The van der Waals surface area contributed by atoms with Gasteiger partial charge in [-0.3, -0.25) is 9.59 Å². The van der Waals surface area contributed by atoms with E-state index in [1.54, 1.807) is 18.2 Å². The number of hydrogen-bond acceptors (Lipinski definition) is 5. The molecule has 0 aliphatic rings. The van der Waals surface area contributed by atoms with E-state index in [9.17, 15) is 14.4 Å². The van der Waals surface area contributed by atoms with Gasteiger partial charge in [0.2, 0.25) is 0 Å². The number of ketones is 1. The van der Waals surface area contributed by atoms with Crippen molar-refractivity contribution in [2.24, 2.45) is 0 Å². The third-order valence-corrected chi connectivity index (χ3v) is 14.0. The number of carbonyl (C=O) groups is 3. The fourth-order valence-corrected chi connectivity index (χ4v) is 9.46. The maximum Gasteiger partial charge on any atom is 0.341 e. The summed E-state index contributed by atoms with van der Waals surface area (Å²) >= 11 is 0. The van der Waals surface area contributed by atoms with Gasteiger partial charge in [-0.2, -0.15) is 0 Å². The molecule has 5 nitrogen and oxygen atoms in total. The second-order valence-electron chi connectivity index (χ2n) is 20.4. The normalized spacial score (nSPS) is 11.4. The van der Waals surface area contributed by atoms with Gasteiger partial charge in [0, 0.05) is 18.4 Å². The first-order valence-electron chi connectivity index (χ1n) is 29.6. The van der Waals surface area contributed by atoms with Crippen LogP contribution >= 0.6 is 0 Å². The first-order chi connectivity index (χ1) is 32.5. The molecule has 0 N–H and O–H groups in total.